The molecule has 258 valence electrons. The van der Waals surface area contributed by atoms with Gasteiger partial charge >= 0.3 is 0 Å². The zero-order valence-corrected chi connectivity index (χ0v) is 30.1. The Morgan fingerprint density at radius 1 is 0.574 bits per heavy atom. The van der Waals surface area contributed by atoms with Gasteiger partial charge in [0.2, 0.25) is 0 Å². The molecule has 3 nitrogen and oxygen atoms in total. The average molecular weight is 695 g/mol. The van der Waals surface area contributed by atoms with Gasteiger partial charge < -0.3 is 9.47 Å². The van der Waals surface area contributed by atoms with Crippen LogP contribution in [0.3, 0.4) is 0 Å². The van der Waals surface area contributed by atoms with Crippen LogP contribution in [0.1, 0.15) is 33.0 Å². The lowest BCUT2D eigenvalue weighted by Crippen LogP contribution is -2.28. The minimum absolute atomic E-state index is 0.188. The smallest absolute Gasteiger partial charge is 0.168 e. The Labute approximate surface area is 315 Å². The first-order chi connectivity index (χ1) is 26.7. The van der Waals surface area contributed by atoms with Crippen LogP contribution in [-0.4, -0.2) is 16.4 Å². The summed E-state index contributed by atoms with van der Waals surface area (Å²) in [5.74, 6) is 0.388. The molecule has 8 aromatic rings. The Balaban J connectivity index is 0.000000467. The number of hydrogen-bond donors (Lipinski definition) is 0. The van der Waals surface area contributed by atoms with Crippen molar-refractivity contribution in [1.82, 2.24) is 4.57 Å². The summed E-state index contributed by atoms with van der Waals surface area (Å²) in [5, 5.41) is 2.15. The zero-order chi connectivity index (χ0) is 36.2. The van der Waals surface area contributed by atoms with Crippen LogP contribution in [-0.2, 0) is 6.42 Å². The van der Waals surface area contributed by atoms with Crippen molar-refractivity contribution in [3.63, 3.8) is 0 Å². The summed E-state index contributed by atoms with van der Waals surface area (Å²) < 4.78 is 2.32. The number of Topliss-reactive ketones (excluding diaryl/α,β-unsaturated/α-hetero) is 1. The monoisotopic (exact) mass is 694 g/mol. The van der Waals surface area contributed by atoms with Gasteiger partial charge in [-0.3, -0.25) is 4.79 Å². The molecule has 0 amide bonds. The van der Waals surface area contributed by atoms with Crippen molar-refractivity contribution in [3.05, 3.63) is 210 Å². The first-order valence-corrected chi connectivity index (χ1v) is 18.8. The number of hydrogen-bond acceptors (Lipinski definition) is 2. The Kier molecular flexibility index (Phi) is 7.73. The largest absolute Gasteiger partial charge is 0.333 e. The van der Waals surface area contributed by atoms with Gasteiger partial charge in [0.15, 0.2) is 5.78 Å². The number of fused-ring (bicyclic) bond motifs is 11. The van der Waals surface area contributed by atoms with E-state index in [1.165, 1.54) is 44.8 Å². The van der Waals surface area contributed by atoms with Gasteiger partial charge in [0.25, 0.3) is 0 Å². The molecule has 2 unspecified atom stereocenters. The normalized spacial score (nSPS) is 16.4. The van der Waals surface area contributed by atoms with Crippen molar-refractivity contribution >= 4 is 39.0 Å². The van der Waals surface area contributed by atoms with E-state index in [-0.39, 0.29) is 17.7 Å². The van der Waals surface area contributed by atoms with Crippen molar-refractivity contribution in [3.8, 4) is 27.9 Å². The topological polar surface area (TPSA) is 25.2 Å². The first-order valence-electron chi connectivity index (χ1n) is 18.8. The van der Waals surface area contributed by atoms with Crippen LogP contribution < -0.4 is 4.90 Å². The summed E-state index contributed by atoms with van der Waals surface area (Å²) in [6.45, 7) is 2.08. The number of carbonyl (C=O) groups excluding carboxylic acids is 1. The number of ketones is 1. The molecule has 0 fully saturated rings. The molecule has 0 bridgehead atoms. The minimum Gasteiger partial charge on any atom is -0.333 e. The standard InChI is InChI=1S/C44H30N2O.C7H8/c47-41-27-36-32(22-24-39-42(36)34-18-7-9-20-37(34)45(39)30-15-5-2-6-16-30)33-23-25-40-43(44(33)41)35-19-8-10-21-38(35)46(40)31-17-11-14-29(26-31)28-12-3-1-4-13-28;1-7-5-3-2-4-6-7/h1-26,34,37H,27H2;2-6H,1H3. The molecule has 11 rings (SSSR count). The Bertz CT molecular complexity index is 2780. The fourth-order valence-electron chi connectivity index (χ4n) is 8.94. The molecule has 1 aliphatic heterocycles. The van der Waals surface area contributed by atoms with Crippen LogP contribution in [0.15, 0.2) is 188 Å². The van der Waals surface area contributed by atoms with E-state index < -0.39 is 0 Å². The summed E-state index contributed by atoms with van der Waals surface area (Å²) in [6.07, 6.45) is 9.32. The van der Waals surface area contributed by atoms with E-state index in [1.807, 2.05) is 24.3 Å². The van der Waals surface area contributed by atoms with Gasteiger partial charge in [-0.2, -0.15) is 0 Å². The van der Waals surface area contributed by atoms with Crippen LogP contribution >= 0.6 is 0 Å². The Morgan fingerprint density at radius 2 is 1.24 bits per heavy atom. The Morgan fingerprint density at radius 3 is 2.02 bits per heavy atom. The van der Waals surface area contributed by atoms with E-state index in [2.05, 4.69) is 180 Å². The van der Waals surface area contributed by atoms with Gasteiger partial charge in [-0.15, -0.1) is 0 Å². The molecule has 2 heterocycles. The summed E-state index contributed by atoms with van der Waals surface area (Å²) in [5.41, 5.74) is 14.8. The third-order valence-electron chi connectivity index (χ3n) is 11.3. The molecule has 2 aliphatic carbocycles. The molecule has 0 radical (unpaired) electrons. The van der Waals surface area contributed by atoms with Gasteiger partial charge in [0, 0.05) is 45.7 Å². The third-order valence-corrected chi connectivity index (χ3v) is 11.3. The molecule has 2 atom stereocenters. The highest BCUT2D eigenvalue weighted by Crippen LogP contribution is 2.53. The maximum absolute atomic E-state index is 14.5. The molecule has 3 heteroatoms. The molecule has 0 spiro atoms. The maximum Gasteiger partial charge on any atom is 0.168 e. The molecular formula is C51H38N2O. The van der Waals surface area contributed by atoms with Crippen molar-refractivity contribution in [1.29, 1.82) is 0 Å². The van der Waals surface area contributed by atoms with Gasteiger partial charge in [0.05, 0.1) is 17.1 Å². The number of para-hydroxylation sites is 2. The maximum atomic E-state index is 14.5. The van der Waals surface area contributed by atoms with Gasteiger partial charge in [-0.1, -0.05) is 151 Å². The Hall–Kier alpha value is -6.71. The second-order valence-corrected chi connectivity index (χ2v) is 14.4. The molecule has 3 aliphatic rings. The molecule has 0 saturated heterocycles. The van der Waals surface area contributed by atoms with Gasteiger partial charge in [-0.25, -0.2) is 0 Å². The van der Waals surface area contributed by atoms with E-state index in [0.29, 0.717) is 6.42 Å². The first kappa shape index (κ1) is 32.0. The number of rotatable bonds is 3. The predicted octanol–water partition coefficient (Wildman–Crippen LogP) is 12.6. The van der Waals surface area contributed by atoms with E-state index in [0.717, 1.165) is 38.6 Å². The fraction of sp³-hybridized carbons (Fsp3) is 0.0784. The SMILES string of the molecule is Cc1ccccc1.O=C1Cc2c(ccc3c2C2C=CC=CC2N3c2ccccc2)-c2ccc3c(c21)c1ccccc1n3-c1cccc(-c2ccccc2)c1. The van der Waals surface area contributed by atoms with E-state index in [4.69, 9.17) is 0 Å². The zero-order valence-electron chi connectivity index (χ0n) is 30.1. The molecular weight excluding hydrogens is 657 g/mol. The highest BCUT2D eigenvalue weighted by Gasteiger charge is 2.41. The average Bonchev–Trinajstić information content (AvgIpc) is 3.75. The molecule has 0 N–H and O–H groups in total. The van der Waals surface area contributed by atoms with Gasteiger partial charge in [-0.05, 0) is 82.8 Å². The second-order valence-electron chi connectivity index (χ2n) is 14.4. The number of anilines is 2. The number of allylic oxidation sites excluding steroid dienone is 2. The van der Waals surface area contributed by atoms with Crippen LogP contribution in [0.2, 0.25) is 0 Å². The summed E-state index contributed by atoms with van der Waals surface area (Å²) in [6, 6.07) is 57.7. The number of aromatic nitrogens is 1. The molecule has 1 aromatic heterocycles. The van der Waals surface area contributed by atoms with Crippen molar-refractivity contribution in [2.45, 2.75) is 25.3 Å². The lowest BCUT2D eigenvalue weighted by Gasteiger charge is -2.28. The van der Waals surface area contributed by atoms with Crippen LogP contribution in [0.5, 0.6) is 0 Å². The number of benzene rings is 7. The molecule has 54 heavy (non-hydrogen) atoms. The molecule has 7 aromatic carbocycles. The highest BCUT2D eigenvalue weighted by molar-refractivity contribution is 6.24. The third kappa shape index (κ3) is 5.15. The lowest BCUT2D eigenvalue weighted by atomic mass is 9.77. The van der Waals surface area contributed by atoms with Crippen LogP contribution in [0, 0.1) is 6.92 Å². The number of aryl methyl sites for hydroxylation is 1. The number of nitrogens with zero attached hydrogens (tertiary/aromatic N) is 2. The van der Waals surface area contributed by atoms with E-state index >= 15 is 0 Å². The van der Waals surface area contributed by atoms with Crippen LogP contribution in [0.4, 0.5) is 11.4 Å². The summed E-state index contributed by atoms with van der Waals surface area (Å²) in [7, 11) is 0. The van der Waals surface area contributed by atoms with Crippen LogP contribution in [0.25, 0.3) is 49.7 Å². The quantitative estimate of drug-likeness (QED) is 0.184. The minimum atomic E-state index is 0.188. The fourth-order valence-corrected chi connectivity index (χ4v) is 8.94. The van der Waals surface area contributed by atoms with Crippen molar-refractivity contribution in [2.24, 2.45) is 0 Å². The van der Waals surface area contributed by atoms with Crippen molar-refractivity contribution in [2.75, 3.05) is 4.90 Å². The highest BCUT2D eigenvalue weighted by atomic mass is 16.1. The summed E-state index contributed by atoms with van der Waals surface area (Å²) >= 11 is 0. The van der Waals surface area contributed by atoms with Crippen molar-refractivity contribution < 1.29 is 4.79 Å². The van der Waals surface area contributed by atoms with E-state index in [1.54, 1.807) is 0 Å². The second kappa shape index (κ2) is 13.1. The predicted molar refractivity (Wildman–Crippen MR) is 224 cm³/mol. The molecule has 0 saturated carbocycles. The van der Waals surface area contributed by atoms with E-state index in [9.17, 15) is 4.79 Å². The number of carbonyl (C=O) groups is 1. The summed E-state index contributed by atoms with van der Waals surface area (Å²) in [4.78, 5) is 17.0. The lowest BCUT2D eigenvalue weighted by molar-refractivity contribution is 0.0993. The van der Waals surface area contributed by atoms with Gasteiger partial charge in [0.1, 0.15) is 0 Å².